The topological polar surface area (TPSA) is 182 Å². The van der Waals surface area contributed by atoms with Crippen molar-refractivity contribution in [1.29, 1.82) is 0 Å². The smallest absolute Gasteiger partial charge is 0.123 e. The predicted molar refractivity (Wildman–Crippen MR) is 186 cm³/mol. The molecule has 3 aliphatic rings. The number of hydrogen-bond acceptors (Lipinski definition) is 9. The zero-order valence-electron chi connectivity index (χ0n) is 26.8. The van der Waals surface area contributed by atoms with Crippen LogP contribution in [0.2, 0.25) is 0 Å². The molecule has 51 heavy (non-hydrogen) atoms. The van der Waals surface area contributed by atoms with Crippen molar-refractivity contribution in [3.8, 4) is 51.7 Å². The highest BCUT2D eigenvalue weighted by atomic mass is 16.3. The standard InChI is InChI=1S/C42H32O9/c43-21-5-1-18(2-6-21)33-28-14-23(45)9-10-27(28)37-36-29(15-26(48)16-30(36)49)38(33)40-32(51)17-31(50)39-35(20-11-24(46)13-25(47)12-20)34(41(37)42(39)40)19-3-7-22(44)8-4-19/h1-17,33-35,37-38,41,43-51H/t33-,34+,35+,37-,38-,41-/m1/s1. The summed E-state index contributed by atoms with van der Waals surface area (Å²) >= 11 is 0. The van der Waals surface area contributed by atoms with Crippen LogP contribution >= 0.6 is 0 Å². The maximum Gasteiger partial charge on any atom is 0.123 e. The van der Waals surface area contributed by atoms with Crippen molar-refractivity contribution in [2.75, 3.05) is 0 Å². The number of rotatable bonds is 3. The number of phenols is 9. The zero-order valence-corrected chi connectivity index (χ0v) is 26.8. The molecule has 0 aliphatic heterocycles. The molecule has 9 rings (SSSR count). The number of hydrogen-bond donors (Lipinski definition) is 9. The van der Waals surface area contributed by atoms with Crippen molar-refractivity contribution in [2.24, 2.45) is 0 Å². The van der Waals surface area contributed by atoms with E-state index in [1.54, 1.807) is 66.7 Å². The van der Waals surface area contributed by atoms with E-state index in [1.165, 1.54) is 30.3 Å². The second kappa shape index (κ2) is 10.8. The average Bonchev–Trinajstić information content (AvgIpc) is 3.29. The van der Waals surface area contributed by atoms with Crippen LogP contribution in [-0.2, 0) is 0 Å². The molecule has 6 aromatic carbocycles. The van der Waals surface area contributed by atoms with E-state index in [2.05, 4.69) is 0 Å². The van der Waals surface area contributed by atoms with Gasteiger partial charge in [-0.05, 0) is 93.5 Å². The van der Waals surface area contributed by atoms with Crippen LogP contribution in [0.25, 0.3) is 0 Å². The van der Waals surface area contributed by atoms with Crippen LogP contribution < -0.4 is 0 Å². The van der Waals surface area contributed by atoms with Crippen molar-refractivity contribution in [3.63, 3.8) is 0 Å². The van der Waals surface area contributed by atoms with Gasteiger partial charge in [0.2, 0.25) is 0 Å². The summed E-state index contributed by atoms with van der Waals surface area (Å²) in [5, 5.41) is 100.0. The van der Waals surface area contributed by atoms with Gasteiger partial charge in [-0.3, -0.25) is 0 Å². The van der Waals surface area contributed by atoms with Gasteiger partial charge in [-0.2, -0.15) is 0 Å². The van der Waals surface area contributed by atoms with E-state index < -0.39 is 35.5 Å². The first-order valence-corrected chi connectivity index (χ1v) is 16.6. The first kappa shape index (κ1) is 30.6. The van der Waals surface area contributed by atoms with Gasteiger partial charge in [-0.15, -0.1) is 0 Å². The van der Waals surface area contributed by atoms with Gasteiger partial charge in [0.05, 0.1) is 0 Å². The molecule has 0 heterocycles. The van der Waals surface area contributed by atoms with Crippen molar-refractivity contribution >= 4 is 0 Å². The summed E-state index contributed by atoms with van der Waals surface area (Å²) < 4.78 is 0. The molecule has 0 amide bonds. The maximum absolute atomic E-state index is 12.1. The second-order valence-corrected chi connectivity index (χ2v) is 13.9. The number of phenolic OH excluding ortho intramolecular Hbond substituents is 9. The Morgan fingerprint density at radius 3 is 1.45 bits per heavy atom. The highest BCUT2D eigenvalue weighted by Gasteiger charge is 2.56. The van der Waals surface area contributed by atoms with Crippen LogP contribution in [0.1, 0.15) is 91.1 Å². The van der Waals surface area contributed by atoms with Crippen molar-refractivity contribution in [3.05, 3.63) is 159 Å². The monoisotopic (exact) mass is 680 g/mol. The lowest BCUT2D eigenvalue weighted by Crippen LogP contribution is -2.22. The molecule has 0 saturated heterocycles. The fourth-order valence-corrected chi connectivity index (χ4v) is 9.55. The van der Waals surface area contributed by atoms with Gasteiger partial charge < -0.3 is 46.0 Å². The first-order chi connectivity index (χ1) is 24.5. The molecule has 254 valence electrons. The molecular weight excluding hydrogens is 648 g/mol. The van der Waals surface area contributed by atoms with Gasteiger partial charge in [-0.1, -0.05) is 30.3 Å². The summed E-state index contributed by atoms with van der Waals surface area (Å²) in [6, 6.07) is 26.8. The fourth-order valence-electron chi connectivity index (χ4n) is 9.55. The Kier molecular flexibility index (Phi) is 6.45. The molecule has 0 saturated carbocycles. The fraction of sp³-hybridized carbons (Fsp3) is 0.143. The lowest BCUT2D eigenvalue weighted by Gasteiger charge is -2.36. The van der Waals surface area contributed by atoms with E-state index in [4.69, 9.17) is 0 Å². The molecule has 0 unspecified atom stereocenters. The van der Waals surface area contributed by atoms with Gasteiger partial charge in [0.15, 0.2) is 0 Å². The van der Waals surface area contributed by atoms with Gasteiger partial charge in [0.25, 0.3) is 0 Å². The second-order valence-electron chi connectivity index (χ2n) is 13.9. The van der Waals surface area contributed by atoms with Crippen LogP contribution in [0.3, 0.4) is 0 Å². The molecule has 0 radical (unpaired) electrons. The maximum atomic E-state index is 12.1. The third-order valence-electron chi connectivity index (χ3n) is 11.2. The van der Waals surface area contributed by atoms with Crippen molar-refractivity contribution in [1.82, 2.24) is 0 Å². The van der Waals surface area contributed by atoms with E-state index in [-0.39, 0.29) is 51.7 Å². The van der Waals surface area contributed by atoms with E-state index in [0.717, 1.165) is 16.7 Å². The van der Waals surface area contributed by atoms with Crippen LogP contribution in [0.5, 0.6) is 51.7 Å². The van der Waals surface area contributed by atoms with Crippen LogP contribution in [0.15, 0.2) is 103 Å². The molecule has 0 spiro atoms. The minimum absolute atomic E-state index is 0.000846. The molecule has 9 heteroatoms. The van der Waals surface area contributed by atoms with Crippen molar-refractivity contribution < 1.29 is 46.0 Å². The van der Waals surface area contributed by atoms with E-state index in [1.807, 2.05) is 6.07 Å². The highest BCUT2D eigenvalue weighted by molar-refractivity contribution is 5.74. The summed E-state index contributed by atoms with van der Waals surface area (Å²) in [4.78, 5) is 0. The Labute approximate surface area is 291 Å². The van der Waals surface area contributed by atoms with Crippen LogP contribution in [-0.4, -0.2) is 46.0 Å². The summed E-state index contributed by atoms with van der Waals surface area (Å²) in [7, 11) is 0. The number of benzene rings is 6. The molecule has 6 atom stereocenters. The van der Waals surface area contributed by atoms with Gasteiger partial charge in [0, 0.05) is 70.4 Å². The lowest BCUT2D eigenvalue weighted by molar-refractivity contribution is 0.427. The summed E-state index contributed by atoms with van der Waals surface area (Å²) in [5.41, 5.74) is 5.99. The Balaban J connectivity index is 1.48. The average molecular weight is 681 g/mol. The Hall–Kier alpha value is -6.48. The van der Waals surface area contributed by atoms with Crippen LogP contribution in [0, 0.1) is 0 Å². The van der Waals surface area contributed by atoms with Crippen molar-refractivity contribution in [2.45, 2.75) is 35.5 Å². The number of fused-ring (bicyclic) bond motifs is 4. The molecule has 3 aliphatic carbocycles. The molecule has 0 aromatic heterocycles. The first-order valence-electron chi connectivity index (χ1n) is 16.6. The quantitative estimate of drug-likeness (QED) is 0.0916. The largest absolute Gasteiger partial charge is 0.508 e. The molecular formula is C42H32O9. The zero-order chi connectivity index (χ0) is 35.5. The third kappa shape index (κ3) is 4.40. The Morgan fingerprint density at radius 1 is 0.275 bits per heavy atom. The highest BCUT2D eigenvalue weighted by Crippen LogP contribution is 2.71. The molecule has 9 nitrogen and oxygen atoms in total. The molecule has 6 aromatic rings. The van der Waals surface area contributed by atoms with E-state index in [0.29, 0.717) is 38.9 Å². The van der Waals surface area contributed by atoms with Gasteiger partial charge in [0.1, 0.15) is 51.7 Å². The number of aromatic hydroxyl groups is 9. The van der Waals surface area contributed by atoms with Gasteiger partial charge in [-0.25, -0.2) is 0 Å². The normalized spacial score (nSPS) is 22.4. The summed E-state index contributed by atoms with van der Waals surface area (Å²) in [5.74, 6) is -5.11. The Morgan fingerprint density at radius 2 is 0.804 bits per heavy atom. The lowest BCUT2D eigenvalue weighted by atomic mass is 9.66. The summed E-state index contributed by atoms with van der Waals surface area (Å²) in [6.45, 7) is 0. The van der Waals surface area contributed by atoms with E-state index in [9.17, 15) is 46.0 Å². The third-order valence-corrected chi connectivity index (χ3v) is 11.2. The Bertz CT molecular complexity index is 2380. The summed E-state index contributed by atoms with van der Waals surface area (Å²) in [6.07, 6.45) is 0. The minimum Gasteiger partial charge on any atom is -0.508 e. The molecule has 0 fully saturated rings. The molecule has 9 N–H and O–H groups in total. The molecule has 2 bridgehead atoms. The minimum atomic E-state index is -0.802. The van der Waals surface area contributed by atoms with E-state index >= 15 is 0 Å². The van der Waals surface area contributed by atoms with Gasteiger partial charge >= 0.3 is 0 Å². The predicted octanol–water partition coefficient (Wildman–Crippen LogP) is 7.47. The SMILES string of the molecule is Oc1ccc([C@@H]2c3cc(O)ccc3[C@@H]3c4c(O)cc(O)cc4[C@H]2c2c(O)cc(O)c4c2[C@@H]3[C@@H](c2ccc(O)cc2)[C@@H]4c2cc(O)cc(O)c2)cc1. The van der Waals surface area contributed by atoms with Crippen LogP contribution in [0.4, 0.5) is 0 Å².